The Hall–Kier alpha value is -4.45. The second kappa shape index (κ2) is 66.1. The quantitative estimate of drug-likeness (QED) is 0.0261. The molecular weight excluding hydrogens is 973 g/mol. The molecule has 1 unspecified atom stereocenters. The zero-order valence-corrected chi connectivity index (χ0v) is 51.3. The van der Waals surface area contributed by atoms with Crippen molar-refractivity contribution in [1.82, 2.24) is 0 Å². The van der Waals surface area contributed by atoms with Crippen LogP contribution in [0.15, 0.2) is 134 Å². The van der Waals surface area contributed by atoms with Crippen LogP contribution in [0.4, 0.5) is 0 Å². The number of rotatable bonds is 58. The van der Waals surface area contributed by atoms with E-state index in [-0.39, 0.29) is 31.1 Å². The van der Waals surface area contributed by atoms with Crippen molar-refractivity contribution >= 4 is 17.9 Å². The number of hydrogen-bond donors (Lipinski definition) is 0. The number of carbonyl (C=O) groups is 3. The van der Waals surface area contributed by atoms with Crippen LogP contribution in [-0.2, 0) is 28.6 Å². The van der Waals surface area contributed by atoms with Crippen molar-refractivity contribution in [3.63, 3.8) is 0 Å². The molecule has 0 rings (SSSR count). The Morgan fingerprint density at radius 2 is 0.494 bits per heavy atom. The van der Waals surface area contributed by atoms with Gasteiger partial charge in [0.1, 0.15) is 13.2 Å². The highest BCUT2D eigenvalue weighted by Crippen LogP contribution is 2.16. The molecule has 0 saturated carbocycles. The topological polar surface area (TPSA) is 78.9 Å². The number of carbonyl (C=O) groups excluding carboxylic acids is 3. The van der Waals surface area contributed by atoms with Crippen LogP contribution < -0.4 is 0 Å². The summed E-state index contributed by atoms with van der Waals surface area (Å²) in [4.78, 5) is 38.0. The second-order valence-electron chi connectivity index (χ2n) is 21.3. The summed E-state index contributed by atoms with van der Waals surface area (Å²) in [5, 5.41) is 0. The zero-order valence-electron chi connectivity index (χ0n) is 51.3. The van der Waals surface area contributed by atoms with Gasteiger partial charge in [-0.05, 0) is 116 Å². The first kappa shape index (κ1) is 74.5. The Balaban J connectivity index is 4.06. The monoisotopic (exact) mass is 1090 g/mol. The standard InChI is InChI=1S/C73H120O6/c1-4-7-10-13-15-17-19-21-23-25-27-29-31-33-34-35-36-37-38-40-41-43-45-47-49-51-53-55-57-60-63-66-72(75)78-69-70(68-77-71(74)65-62-59-12-9-6-3)79-73(76)67-64-61-58-56-54-52-50-48-46-44-42-39-32-30-28-26-24-22-20-18-16-14-11-8-5-2/h7-8,10-11,15-18,21-24,27-30,33-34,39,42,46,48,70H,4-6,9,12-14,19-20,25-26,31-32,35-38,40-41,43-45,47,49-69H2,1-3H3/b10-7-,11-8-,17-15-,18-16-,23-21-,24-22-,29-27-,30-28-,34-33-,42-39-,48-46-. The Labute approximate surface area is 487 Å². The van der Waals surface area contributed by atoms with Gasteiger partial charge in [0, 0.05) is 19.3 Å². The van der Waals surface area contributed by atoms with Crippen LogP contribution in [0, 0.1) is 0 Å². The highest BCUT2D eigenvalue weighted by atomic mass is 16.6. The van der Waals surface area contributed by atoms with Gasteiger partial charge in [-0.3, -0.25) is 14.4 Å². The average Bonchev–Trinajstić information content (AvgIpc) is 3.45. The molecule has 79 heavy (non-hydrogen) atoms. The smallest absolute Gasteiger partial charge is 0.306 e. The molecule has 0 aromatic carbocycles. The molecular formula is C73H120O6. The van der Waals surface area contributed by atoms with Crippen molar-refractivity contribution in [3.8, 4) is 0 Å². The van der Waals surface area contributed by atoms with E-state index in [1.807, 2.05) is 0 Å². The lowest BCUT2D eigenvalue weighted by atomic mass is 10.0. The molecule has 0 fully saturated rings. The van der Waals surface area contributed by atoms with Crippen molar-refractivity contribution in [2.24, 2.45) is 0 Å². The van der Waals surface area contributed by atoms with Gasteiger partial charge in [0.25, 0.3) is 0 Å². The fourth-order valence-electron chi connectivity index (χ4n) is 8.83. The molecule has 448 valence electrons. The van der Waals surface area contributed by atoms with Crippen molar-refractivity contribution < 1.29 is 28.6 Å². The highest BCUT2D eigenvalue weighted by molar-refractivity contribution is 5.71. The van der Waals surface area contributed by atoms with Crippen molar-refractivity contribution in [1.29, 1.82) is 0 Å². The van der Waals surface area contributed by atoms with Crippen LogP contribution >= 0.6 is 0 Å². The van der Waals surface area contributed by atoms with Crippen LogP contribution in [0.3, 0.4) is 0 Å². The van der Waals surface area contributed by atoms with Crippen molar-refractivity contribution in [2.45, 2.75) is 297 Å². The molecule has 6 heteroatoms. The summed E-state index contributed by atoms with van der Waals surface area (Å²) in [7, 11) is 0. The first-order chi connectivity index (χ1) is 39.0. The van der Waals surface area contributed by atoms with E-state index >= 15 is 0 Å². The lowest BCUT2D eigenvalue weighted by Crippen LogP contribution is -2.30. The Morgan fingerprint density at radius 3 is 0.772 bits per heavy atom. The van der Waals surface area contributed by atoms with Crippen LogP contribution in [0.1, 0.15) is 290 Å². The number of unbranched alkanes of at least 4 members (excludes halogenated alkanes) is 25. The van der Waals surface area contributed by atoms with Crippen LogP contribution in [0.25, 0.3) is 0 Å². The van der Waals surface area contributed by atoms with Crippen LogP contribution in [0.2, 0.25) is 0 Å². The van der Waals surface area contributed by atoms with E-state index in [2.05, 4.69) is 154 Å². The summed E-state index contributed by atoms with van der Waals surface area (Å²) in [6, 6.07) is 0. The molecule has 0 aromatic rings. The maximum Gasteiger partial charge on any atom is 0.306 e. The number of hydrogen-bond acceptors (Lipinski definition) is 6. The Kier molecular flexibility index (Phi) is 62.3. The molecule has 1 atom stereocenters. The molecule has 0 bridgehead atoms. The van der Waals surface area contributed by atoms with Gasteiger partial charge in [0.15, 0.2) is 6.10 Å². The lowest BCUT2D eigenvalue weighted by molar-refractivity contribution is -0.167. The van der Waals surface area contributed by atoms with E-state index in [1.54, 1.807) is 0 Å². The highest BCUT2D eigenvalue weighted by Gasteiger charge is 2.19. The van der Waals surface area contributed by atoms with Gasteiger partial charge in [-0.2, -0.15) is 0 Å². The van der Waals surface area contributed by atoms with Crippen molar-refractivity contribution in [2.75, 3.05) is 13.2 Å². The van der Waals surface area contributed by atoms with Gasteiger partial charge in [-0.1, -0.05) is 289 Å². The summed E-state index contributed by atoms with van der Waals surface area (Å²) in [5.41, 5.74) is 0. The second-order valence-corrected chi connectivity index (χ2v) is 21.3. The van der Waals surface area contributed by atoms with Gasteiger partial charge < -0.3 is 14.2 Å². The molecule has 6 nitrogen and oxygen atoms in total. The van der Waals surface area contributed by atoms with E-state index in [1.165, 1.54) is 103 Å². The molecule has 0 N–H and O–H groups in total. The number of esters is 3. The molecule has 0 heterocycles. The van der Waals surface area contributed by atoms with E-state index in [0.717, 1.165) is 148 Å². The van der Waals surface area contributed by atoms with Gasteiger partial charge in [-0.25, -0.2) is 0 Å². The molecule has 0 saturated heterocycles. The molecule has 0 radical (unpaired) electrons. The Morgan fingerprint density at radius 1 is 0.266 bits per heavy atom. The molecule has 0 amide bonds. The molecule has 0 aliphatic carbocycles. The molecule has 0 aliphatic heterocycles. The predicted octanol–water partition coefficient (Wildman–Crippen LogP) is 22.5. The van der Waals surface area contributed by atoms with Crippen LogP contribution in [0.5, 0.6) is 0 Å². The Bertz CT molecular complexity index is 1680. The maximum absolute atomic E-state index is 12.8. The third-order valence-electron chi connectivity index (χ3n) is 13.7. The third kappa shape index (κ3) is 64.3. The van der Waals surface area contributed by atoms with Gasteiger partial charge in [0.2, 0.25) is 0 Å². The van der Waals surface area contributed by atoms with E-state index in [0.29, 0.717) is 19.3 Å². The molecule has 0 aliphatic rings. The summed E-state index contributed by atoms with van der Waals surface area (Å²) < 4.78 is 16.8. The van der Waals surface area contributed by atoms with Gasteiger partial charge >= 0.3 is 17.9 Å². The SMILES string of the molecule is CC/C=C\C/C=C\C/C=C\C/C=C\C/C=C\C/C=C\CCCCCCCCC(=O)OC(COC(=O)CCCCCCC)COC(=O)CCCCCCCCCCCCCCCCC/C=C\C/C=C\C/C=C\C/C=C\C/C=C\CC. The van der Waals surface area contributed by atoms with Gasteiger partial charge in [0.05, 0.1) is 0 Å². The molecule has 0 aromatic heterocycles. The number of allylic oxidation sites excluding steroid dienone is 22. The van der Waals surface area contributed by atoms with Gasteiger partial charge in [-0.15, -0.1) is 0 Å². The van der Waals surface area contributed by atoms with E-state index < -0.39 is 6.10 Å². The zero-order chi connectivity index (χ0) is 57.1. The third-order valence-corrected chi connectivity index (χ3v) is 13.7. The van der Waals surface area contributed by atoms with E-state index in [9.17, 15) is 14.4 Å². The minimum absolute atomic E-state index is 0.0858. The summed E-state index contributed by atoms with van der Waals surface area (Å²) in [6.45, 7) is 6.32. The number of ether oxygens (including phenoxy) is 3. The largest absolute Gasteiger partial charge is 0.462 e. The fraction of sp³-hybridized carbons (Fsp3) is 0.658. The van der Waals surface area contributed by atoms with Crippen LogP contribution in [-0.4, -0.2) is 37.2 Å². The fourth-order valence-corrected chi connectivity index (χ4v) is 8.83. The minimum Gasteiger partial charge on any atom is -0.462 e. The van der Waals surface area contributed by atoms with E-state index in [4.69, 9.17) is 14.2 Å². The predicted molar refractivity (Wildman–Crippen MR) is 343 cm³/mol. The first-order valence-electron chi connectivity index (χ1n) is 32.7. The molecule has 0 spiro atoms. The minimum atomic E-state index is -0.786. The first-order valence-corrected chi connectivity index (χ1v) is 32.7. The normalized spacial score (nSPS) is 13.0. The summed E-state index contributed by atoms with van der Waals surface area (Å²) in [6.07, 6.45) is 93.7. The lowest BCUT2D eigenvalue weighted by Gasteiger charge is -2.18. The summed E-state index contributed by atoms with van der Waals surface area (Å²) >= 11 is 0. The summed E-state index contributed by atoms with van der Waals surface area (Å²) in [5.74, 6) is -0.912. The maximum atomic E-state index is 12.8. The van der Waals surface area contributed by atoms with Crippen molar-refractivity contribution in [3.05, 3.63) is 134 Å². The average molecular weight is 1090 g/mol.